The van der Waals surface area contributed by atoms with Crippen LogP contribution in [0.25, 0.3) is 0 Å². The number of alkyl halides is 1. The molecule has 0 saturated heterocycles. The Morgan fingerprint density at radius 3 is 2.62 bits per heavy atom. The Kier molecular flexibility index (Phi) is 6.74. The van der Waals surface area contributed by atoms with Gasteiger partial charge < -0.3 is 9.47 Å². The predicted molar refractivity (Wildman–Crippen MR) is 93.3 cm³/mol. The van der Waals surface area contributed by atoms with Crippen molar-refractivity contribution in [2.24, 2.45) is 0 Å². The fourth-order valence-corrected chi connectivity index (χ4v) is 3.17. The van der Waals surface area contributed by atoms with Gasteiger partial charge in [-0.25, -0.2) is 0 Å². The van der Waals surface area contributed by atoms with Gasteiger partial charge in [0.15, 0.2) is 11.5 Å². The van der Waals surface area contributed by atoms with Gasteiger partial charge in [-0.2, -0.15) is 0 Å². The van der Waals surface area contributed by atoms with Crippen molar-refractivity contribution >= 4 is 39.3 Å². The van der Waals surface area contributed by atoms with E-state index < -0.39 is 0 Å². The topological polar surface area (TPSA) is 18.5 Å². The van der Waals surface area contributed by atoms with Crippen LogP contribution in [-0.4, -0.2) is 19.5 Å². The first kappa shape index (κ1) is 16.5. The normalized spacial score (nSPS) is 10.4. The van der Waals surface area contributed by atoms with Crippen molar-refractivity contribution in [2.75, 3.05) is 19.5 Å². The summed E-state index contributed by atoms with van der Waals surface area (Å²) in [5.74, 6) is 2.13. The van der Waals surface area contributed by atoms with Gasteiger partial charge in [0.2, 0.25) is 0 Å². The zero-order chi connectivity index (χ0) is 15.1. The molecule has 21 heavy (non-hydrogen) atoms. The van der Waals surface area contributed by atoms with Crippen molar-refractivity contribution in [2.45, 2.75) is 10.2 Å². The van der Waals surface area contributed by atoms with Crippen LogP contribution < -0.4 is 9.47 Å². The van der Waals surface area contributed by atoms with Crippen LogP contribution in [0.2, 0.25) is 5.02 Å². The van der Waals surface area contributed by atoms with Crippen LogP contribution in [-0.2, 0) is 5.33 Å². The molecule has 0 N–H and O–H groups in total. The Morgan fingerprint density at radius 2 is 1.95 bits per heavy atom. The summed E-state index contributed by atoms with van der Waals surface area (Å²) in [7, 11) is 1.62. The Hall–Kier alpha value is -0.840. The lowest BCUT2D eigenvalue weighted by Crippen LogP contribution is -2.02. The summed E-state index contributed by atoms with van der Waals surface area (Å²) in [6.07, 6.45) is 0. The molecule has 0 radical (unpaired) electrons. The van der Waals surface area contributed by atoms with E-state index in [2.05, 4.69) is 28.1 Å². The predicted octanol–water partition coefficient (Wildman–Crippen LogP) is 5.41. The van der Waals surface area contributed by atoms with Crippen LogP contribution in [0.5, 0.6) is 11.5 Å². The highest BCUT2D eigenvalue weighted by molar-refractivity contribution is 9.08. The minimum atomic E-state index is 0.573. The minimum absolute atomic E-state index is 0.573. The van der Waals surface area contributed by atoms with E-state index in [1.165, 1.54) is 4.90 Å². The quantitative estimate of drug-likeness (QED) is 0.359. The summed E-state index contributed by atoms with van der Waals surface area (Å²) in [6.45, 7) is 0.573. The number of hydrogen-bond acceptors (Lipinski definition) is 3. The van der Waals surface area contributed by atoms with Gasteiger partial charge in [0.25, 0.3) is 0 Å². The Morgan fingerprint density at radius 1 is 1.19 bits per heavy atom. The summed E-state index contributed by atoms with van der Waals surface area (Å²) < 4.78 is 11.1. The molecule has 0 atom stereocenters. The summed E-state index contributed by atoms with van der Waals surface area (Å²) in [5, 5.41) is 1.31. The third kappa shape index (κ3) is 4.83. The Balaban J connectivity index is 1.93. The number of methoxy groups -OCH3 is 1. The van der Waals surface area contributed by atoms with Crippen LogP contribution in [0, 0.1) is 0 Å². The molecular formula is C16H16BrClO2S. The number of thioether (sulfide) groups is 1. The zero-order valence-corrected chi connectivity index (χ0v) is 14.8. The highest BCUT2D eigenvalue weighted by Gasteiger charge is 2.11. The van der Waals surface area contributed by atoms with E-state index in [-0.39, 0.29) is 0 Å². The molecule has 0 saturated carbocycles. The molecule has 2 nitrogen and oxygen atoms in total. The molecule has 2 aromatic carbocycles. The van der Waals surface area contributed by atoms with Crippen molar-refractivity contribution in [3.05, 3.63) is 53.1 Å². The molecular weight excluding hydrogens is 372 g/mol. The number of benzene rings is 2. The molecule has 2 aromatic rings. The summed E-state index contributed by atoms with van der Waals surface area (Å²) in [4.78, 5) is 1.23. The standard InChI is InChI=1S/C16H16BrClO2S/c1-19-15-10-12(11-17)9-14(18)16(15)20-7-8-21-13-5-3-2-4-6-13/h2-6,9-10H,7-8,11H2,1H3. The van der Waals surface area contributed by atoms with E-state index in [1.807, 2.05) is 30.3 Å². The van der Waals surface area contributed by atoms with Crippen molar-refractivity contribution in [1.29, 1.82) is 0 Å². The molecule has 112 valence electrons. The average molecular weight is 388 g/mol. The van der Waals surface area contributed by atoms with Crippen LogP contribution in [0.1, 0.15) is 5.56 Å². The molecule has 0 spiro atoms. The first-order valence-corrected chi connectivity index (χ1v) is 8.96. The summed E-state index contributed by atoms with van der Waals surface area (Å²) >= 11 is 11.4. The average Bonchev–Trinajstić information content (AvgIpc) is 2.53. The van der Waals surface area contributed by atoms with E-state index in [0.717, 1.165) is 16.6 Å². The molecule has 2 rings (SSSR count). The summed E-state index contributed by atoms with van der Waals surface area (Å²) in [6, 6.07) is 14.1. The second-order valence-electron chi connectivity index (χ2n) is 4.25. The second kappa shape index (κ2) is 8.57. The van der Waals surface area contributed by atoms with Crippen molar-refractivity contribution < 1.29 is 9.47 Å². The number of halogens is 2. The van der Waals surface area contributed by atoms with Gasteiger partial charge in [0, 0.05) is 16.0 Å². The number of ether oxygens (including phenoxy) is 2. The zero-order valence-electron chi connectivity index (χ0n) is 11.6. The van der Waals surface area contributed by atoms with Crippen molar-refractivity contribution in [3.8, 4) is 11.5 Å². The van der Waals surface area contributed by atoms with Gasteiger partial charge in [-0.05, 0) is 29.8 Å². The molecule has 0 unspecified atom stereocenters. The number of rotatable bonds is 7. The largest absolute Gasteiger partial charge is 0.493 e. The molecule has 0 aliphatic rings. The van der Waals surface area contributed by atoms with Gasteiger partial charge in [0.05, 0.1) is 18.7 Å². The van der Waals surface area contributed by atoms with Gasteiger partial charge in [-0.3, -0.25) is 0 Å². The van der Waals surface area contributed by atoms with Gasteiger partial charge >= 0.3 is 0 Å². The lowest BCUT2D eigenvalue weighted by Gasteiger charge is -2.13. The Labute approximate surface area is 142 Å². The molecule has 0 aliphatic carbocycles. The highest BCUT2D eigenvalue weighted by atomic mass is 79.9. The molecule has 0 heterocycles. The Bertz CT molecular complexity index is 578. The third-order valence-corrected chi connectivity index (χ3v) is 4.69. The smallest absolute Gasteiger partial charge is 0.179 e. The van der Waals surface area contributed by atoms with E-state index in [9.17, 15) is 0 Å². The summed E-state index contributed by atoms with van der Waals surface area (Å²) in [5.41, 5.74) is 1.06. The first-order chi connectivity index (χ1) is 10.2. The van der Waals surface area contributed by atoms with E-state index >= 15 is 0 Å². The van der Waals surface area contributed by atoms with E-state index in [4.69, 9.17) is 21.1 Å². The SMILES string of the molecule is COc1cc(CBr)cc(Cl)c1OCCSc1ccccc1. The lowest BCUT2D eigenvalue weighted by atomic mass is 10.2. The van der Waals surface area contributed by atoms with Crippen LogP contribution >= 0.6 is 39.3 Å². The molecule has 0 aromatic heterocycles. The maximum absolute atomic E-state index is 6.26. The maximum Gasteiger partial charge on any atom is 0.179 e. The molecule has 0 fully saturated rings. The van der Waals surface area contributed by atoms with Gasteiger partial charge in [0.1, 0.15) is 0 Å². The van der Waals surface area contributed by atoms with Crippen LogP contribution in [0.15, 0.2) is 47.4 Å². The molecule has 5 heteroatoms. The van der Waals surface area contributed by atoms with Crippen LogP contribution in [0.3, 0.4) is 0 Å². The van der Waals surface area contributed by atoms with Crippen molar-refractivity contribution in [3.63, 3.8) is 0 Å². The maximum atomic E-state index is 6.26. The molecule has 0 amide bonds. The second-order valence-corrected chi connectivity index (χ2v) is 6.39. The molecule has 0 bridgehead atoms. The number of hydrogen-bond donors (Lipinski definition) is 0. The highest BCUT2D eigenvalue weighted by Crippen LogP contribution is 2.37. The van der Waals surface area contributed by atoms with E-state index in [1.54, 1.807) is 18.9 Å². The molecule has 0 aliphatic heterocycles. The minimum Gasteiger partial charge on any atom is -0.493 e. The van der Waals surface area contributed by atoms with Crippen LogP contribution in [0.4, 0.5) is 0 Å². The lowest BCUT2D eigenvalue weighted by molar-refractivity contribution is 0.313. The fourth-order valence-electron chi connectivity index (χ4n) is 1.81. The van der Waals surface area contributed by atoms with Gasteiger partial charge in [-0.15, -0.1) is 11.8 Å². The fraction of sp³-hybridized carbons (Fsp3) is 0.250. The first-order valence-electron chi connectivity index (χ1n) is 6.47. The monoisotopic (exact) mass is 386 g/mol. The third-order valence-electron chi connectivity index (χ3n) is 2.79. The van der Waals surface area contributed by atoms with E-state index in [0.29, 0.717) is 23.1 Å². The van der Waals surface area contributed by atoms with Crippen molar-refractivity contribution in [1.82, 2.24) is 0 Å². The van der Waals surface area contributed by atoms with Gasteiger partial charge in [-0.1, -0.05) is 45.7 Å².